The molecule has 1 heterocycles. The van der Waals surface area contributed by atoms with Gasteiger partial charge in [-0.25, -0.2) is 4.57 Å². The first-order valence-electron chi connectivity index (χ1n) is 10.6. The second kappa shape index (κ2) is 4.93. The summed E-state index contributed by atoms with van der Waals surface area (Å²) in [6.07, 6.45) is 1.15. The Morgan fingerprint density at radius 3 is 2.67 bits per heavy atom. The third-order valence-corrected chi connectivity index (χ3v) is 2.96. The largest absolute Gasteiger partial charge is 0.212 e. The predicted octanol–water partition coefficient (Wildman–Crippen LogP) is 3.92. The van der Waals surface area contributed by atoms with Crippen molar-refractivity contribution in [3.05, 3.63) is 53.2 Å². The molecule has 0 amide bonds. The summed E-state index contributed by atoms with van der Waals surface area (Å²) in [6, 6.07) is 8.51. The molecule has 0 saturated heterocycles. The average Bonchev–Trinajstić information content (AvgIpc) is 2.51. The molecule has 94 valence electrons. The Bertz CT molecular complexity index is 863. The number of hydrogen-bond donors (Lipinski definition) is 0. The van der Waals surface area contributed by atoms with Crippen LogP contribution in [0.5, 0.6) is 0 Å². The lowest BCUT2D eigenvalue weighted by molar-refractivity contribution is -0.660. The second-order valence-corrected chi connectivity index (χ2v) is 4.29. The number of aryl methyl sites for hydroxylation is 3. The van der Waals surface area contributed by atoms with Gasteiger partial charge in [0.1, 0.15) is 7.05 Å². The summed E-state index contributed by atoms with van der Waals surface area (Å²) in [5.41, 5.74) is 1.07. The van der Waals surface area contributed by atoms with Crippen LogP contribution < -0.4 is 4.57 Å². The smallest absolute Gasteiger partial charge is 0.201 e. The molecular formula is C17H22N+. The summed E-state index contributed by atoms with van der Waals surface area (Å²) in [4.78, 5) is 0. The highest BCUT2D eigenvalue weighted by molar-refractivity contribution is 5.61. The van der Waals surface area contributed by atoms with Crippen LogP contribution in [-0.2, 0) is 7.05 Å². The average molecular weight is 250 g/mol. The molecule has 18 heavy (non-hydrogen) atoms. The van der Waals surface area contributed by atoms with Crippen LogP contribution in [0.25, 0.3) is 11.3 Å². The predicted molar refractivity (Wildman–Crippen MR) is 76.6 cm³/mol. The van der Waals surface area contributed by atoms with Gasteiger partial charge < -0.3 is 0 Å². The van der Waals surface area contributed by atoms with E-state index in [1.165, 1.54) is 10.6 Å². The van der Waals surface area contributed by atoms with Gasteiger partial charge in [-0.2, -0.15) is 0 Å². The van der Waals surface area contributed by atoms with Crippen molar-refractivity contribution in [3.63, 3.8) is 0 Å². The van der Waals surface area contributed by atoms with Crippen molar-refractivity contribution in [1.82, 2.24) is 0 Å². The molecule has 2 aromatic rings. The minimum atomic E-state index is -3.27. The molecule has 1 nitrogen and oxygen atoms in total. The molecule has 0 aliphatic carbocycles. The van der Waals surface area contributed by atoms with Gasteiger partial charge in [0, 0.05) is 30.9 Å². The van der Waals surface area contributed by atoms with E-state index in [4.69, 9.17) is 13.7 Å². The van der Waals surface area contributed by atoms with Gasteiger partial charge in [0.25, 0.3) is 0 Å². The van der Waals surface area contributed by atoms with Crippen LogP contribution in [0.2, 0.25) is 0 Å². The van der Waals surface area contributed by atoms with E-state index in [0.29, 0.717) is 5.69 Å². The summed E-state index contributed by atoms with van der Waals surface area (Å²) in [5.74, 6) is -3.09. The van der Waals surface area contributed by atoms with Crippen molar-refractivity contribution in [2.45, 2.75) is 33.4 Å². The van der Waals surface area contributed by atoms with Crippen LogP contribution >= 0.6 is 0 Å². The summed E-state index contributed by atoms with van der Waals surface area (Å²) < 4.78 is 79.6. The molecule has 0 aliphatic rings. The zero-order valence-electron chi connectivity index (χ0n) is 20.4. The number of aromatic nitrogens is 1. The fourth-order valence-electron chi connectivity index (χ4n) is 1.98. The van der Waals surface area contributed by atoms with Gasteiger partial charge in [0.2, 0.25) is 5.69 Å². The molecule has 0 fully saturated rings. The van der Waals surface area contributed by atoms with E-state index in [9.17, 15) is 0 Å². The number of rotatable bonds is 2. The van der Waals surface area contributed by atoms with Crippen LogP contribution in [0.15, 0.2) is 36.5 Å². The van der Waals surface area contributed by atoms with E-state index in [2.05, 4.69) is 0 Å². The number of nitrogens with zero attached hydrogens (tertiary/aromatic N) is 1. The Morgan fingerprint density at radius 1 is 1.22 bits per heavy atom. The van der Waals surface area contributed by atoms with E-state index in [0.717, 1.165) is 17.3 Å². The monoisotopic (exact) mass is 250 g/mol. The summed E-state index contributed by atoms with van der Waals surface area (Å²) >= 11 is 0. The van der Waals surface area contributed by atoms with Gasteiger partial charge >= 0.3 is 0 Å². The first kappa shape index (κ1) is 5.16. The highest BCUT2D eigenvalue weighted by Gasteiger charge is 2.16. The summed E-state index contributed by atoms with van der Waals surface area (Å²) in [6.45, 7) is -7.49. The molecule has 1 aromatic carbocycles. The zero-order chi connectivity index (χ0) is 21.7. The van der Waals surface area contributed by atoms with Crippen molar-refractivity contribution < 1.29 is 18.3 Å². The van der Waals surface area contributed by atoms with Gasteiger partial charge in [-0.15, -0.1) is 0 Å². The molecule has 0 radical (unpaired) electrons. The molecule has 0 N–H and O–H groups in total. The van der Waals surface area contributed by atoms with Crippen LogP contribution in [0.3, 0.4) is 0 Å². The molecule has 2 rings (SSSR count). The Balaban J connectivity index is 2.94. The first-order chi connectivity index (χ1) is 12.5. The third-order valence-electron chi connectivity index (χ3n) is 2.96. The van der Waals surface area contributed by atoms with Crippen LogP contribution in [-0.4, -0.2) is 0 Å². The quantitative estimate of drug-likeness (QED) is 0.711. The molecule has 1 heteroatoms. The fraction of sp³-hybridized carbons (Fsp3) is 0.353. The first-order valence-corrected chi connectivity index (χ1v) is 5.62. The third kappa shape index (κ3) is 2.31. The highest BCUT2D eigenvalue weighted by Crippen LogP contribution is 2.24. The van der Waals surface area contributed by atoms with Gasteiger partial charge in [-0.1, -0.05) is 31.9 Å². The molecule has 0 atom stereocenters. The summed E-state index contributed by atoms with van der Waals surface area (Å²) in [5, 5.41) is 0. The van der Waals surface area contributed by atoms with Crippen LogP contribution in [0, 0.1) is 13.8 Å². The van der Waals surface area contributed by atoms with Crippen molar-refractivity contribution in [2.24, 2.45) is 7.05 Å². The highest BCUT2D eigenvalue weighted by atomic mass is 14.9. The molecular weight excluding hydrogens is 218 g/mol. The van der Waals surface area contributed by atoms with Crippen LogP contribution in [0.1, 0.15) is 50.0 Å². The van der Waals surface area contributed by atoms with E-state index in [1.54, 1.807) is 19.2 Å². The maximum absolute atomic E-state index is 8.41. The Morgan fingerprint density at radius 2 is 2.00 bits per heavy atom. The molecule has 0 saturated carbocycles. The maximum Gasteiger partial charge on any atom is 0.212 e. The zero-order valence-corrected chi connectivity index (χ0v) is 10.4. The van der Waals surface area contributed by atoms with Crippen molar-refractivity contribution >= 4 is 0 Å². The molecule has 0 unspecified atom stereocenters. The Hall–Kier alpha value is -1.63. The van der Waals surface area contributed by atoms with Gasteiger partial charge in [-0.05, 0) is 36.9 Å². The number of pyridine rings is 1. The minimum Gasteiger partial charge on any atom is -0.201 e. The summed E-state index contributed by atoms with van der Waals surface area (Å²) in [7, 11) is 1.56. The standard InChI is InChI=1S/C17H22N/c1-12(2)16-11-18(5)17(10-14(16)4)15-9-7-6-8-13(15)3/h6-12H,1-5H3/q+1/i1D3,2D3,4D3,12D. The van der Waals surface area contributed by atoms with E-state index in [-0.39, 0.29) is 0 Å². The Kier molecular flexibility index (Phi) is 1.41. The van der Waals surface area contributed by atoms with E-state index in [1.807, 2.05) is 19.1 Å². The topological polar surface area (TPSA) is 3.88 Å². The lowest BCUT2D eigenvalue weighted by Gasteiger charge is -2.11. The van der Waals surface area contributed by atoms with Crippen molar-refractivity contribution in [1.29, 1.82) is 0 Å². The normalized spacial score (nSPS) is 21.9. The molecule has 0 aliphatic heterocycles. The fourth-order valence-corrected chi connectivity index (χ4v) is 1.98. The van der Waals surface area contributed by atoms with Gasteiger partial charge in [0.05, 0.1) is 0 Å². The lowest BCUT2D eigenvalue weighted by Crippen LogP contribution is -2.32. The number of hydrogen-bond acceptors (Lipinski definition) is 0. The van der Waals surface area contributed by atoms with Gasteiger partial charge in [0.15, 0.2) is 6.20 Å². The number of benzene rings is 1. The molecule has 0 spiro atoms. The van der Waals surface area contributed by atoms with Crippen LogP contribution in [0.4, 0.5) is 0 Å². The van der Waals surface area contributed by atoms with Gasteiger partial charge in [-0.3, -0.25) is 0 Å². The lowest BCUT2D eigenvalue weighted by atomic mass is 9.97. The minimum absolute atomic E-state index is 0.453. The van der Waals surface area contributed by atoms with E-state index < -0.39 is 37.6 Å². The SMILES string of the molecule is [2H]C([2H])([2H])c1cc(-c2ccccc2C)[n+](C)cc1C([2H])(C([2H])([2H])[2H])C([2H])([2H])[2H]. The maximum atomic E-state index is 8.41. The van der Waals surface area contributed by atoms with Crippen molar-refractivity contribution in [3.8, 4) is 11.3 Å². The second-order valence-electron chi connectivity index (χ2n) is 4.29. The van der Waals surface area contributed by atoms with E-state index >= 15 is 0 Å². The Labute approximate surface area is 124 Å². The molecule has 0 bridgehead atoms. The van der Waals surface area contributed by atoms with Crippen molar-refractivity contribution in [2.75, 3.05) is 0 Å². The molecule has 1 aromatic heterocycles.